The Labute approximate surface area is 96.7 Å². The summed E-state index contributed by atoms with van der Waals surface area (Å²) < 4.78 is 0. The number of hydrogen-bond donors (Lipinski definition) is 2. The zero-order valence-electron chi connectivity index (χ0n) is 10.4. The monoisotopic (exact) mass is 227 g/mol. The van der Waals surface area contributed by atoms with Gasteiger partial charge in [0, 0.05) is 5.57 Å². The molecule has 1 atom stereocenters. The van der Waals surface area contributed by atoms with Crippen LogP contribution in [0.4, 0.5) is 0 Å². The highest BCUT2D eigenvalue weighted by Crippen LogP contribution is 2.14. The van der Waals surface area contributed by atoms with Crippen molar-refractivity contribution in [1.29, 1.82) is 0 Å². The molecule has 0 radical (unpaired) electrons. The van der Waals surface area contributed by atoms with Crippen LogP contribution < -0.4 is 5.32 Å². The number of carbonyl (C=O) groups excluding carboxylic acids is 1. The topological polar surface area (TPSA) is 66.4 Å². The van der Waals surface area contributed by atoms with Crippen molar-refractivity contribution in [2.45, 2.75) is 46.6 Å². The summed E-state index contributed by atoms with van der Waals surface area (Å²) >= 11 is 0. The average molecular weight is 227 g/mol. The highest BCUT2D eigenvalue weighted by Gasteiger charge is 2.27. The summed E-state index contributed by atoms with van der Waals surface area (Å²) in [6.07, 6.45) is 3.15. The fourth-order valence-electron chi connectivity index (χ4n) is 1.53. The van der Waals surface area contributed by atoms with E-state index in [1.165, 1.54) is 0 Å². The summed E-state index contributed by atoms with van der Waals surface area (Å²) in [7, 11) is 0. The Morgan fingerprint density at radius 3 is 2.12 bits per heavy atom. The molecule has 0 aromatic carbocycles. The number of hydrogen-bond acceptors (Lipinski definition) is 2. The minimum absolute atomic E-state index is 0.0221. The fraction of sp³-hybridized carbons (Fsp3) is 0.667. The molecule has 0 bridgehead atoms. The second-order valence-corrected chi connectivity index (χ2v) is 3.84. The Balaban J connectivity index is 4.70. The van der Waals surface area contributed by atoms with E-state index in [0.717, 1.165) is 12.8 Å². The summed E-state index contributed by atoms with van der Waals surface area (Å²) in [6, 6.07) is -0.794. The summed E-state index contributed by atoms with van der Waals surface area (Å²) in [5.74, 6) is -1.29. The van der Waals surface area contributed by atoms with Crippen molar-refractivity contribution in [2.24, 2.45) is 5.92 Å². The molecule has 0 saturated carbocycles. The van der Waals surface area contributed by atoms with Gasteiger partial charge in [0.15, 0.2) is 0 Å². The minimum Gasteiger partial charge on any atom is -0.480 e. The van der Waals surface area contributed by atoms with Gasteiger partial charge in [0.2, 0.25) is 5.91 Å². The minimum atomic E-state index is -0.967. The first-order valence-corrected chi connectivity index (χ1v) is 5.64. The maximum absolute atomic E-state index is 11.6. The van der Waals surface area contributed by atoms with E-state index < -0.39 is 12.0 Å². The van der Waals surface area contributed by atoms with Crippen molar-refractivity contribution in [3.8, 4) is 0 Å². The number of aliphatic carboxylic acids is 1. The normalized spacial score (nSPS) is 13.7. The molecule has 92 valence electrons. The summed E-state index contributed by atoms with van der Waals surface area (Å²) in [4.78, 5) is 22.7. The number of nitrogens with one attached hydrogen (secondary N) is 1. The molecular weight excluding hydrogens is 206 g/mol. The lowest BCUT2D eigenvalue weighted by Crippen LogP contribution is -2.46. The predicted octanol–water partition coefficient (Wildman–Crippen LogP) is 1.96. The predicted molar refractivity (Wildman–Crippen MR) is 63.1 cm³/mol. The zero-order valence-corrected chi connectivity index (χ0v) is 10.4. The van der Waals surface area contributed by atoms with Crippen molar-refractivity contribution in [3.05, 3.63) is 11.6 Å². The van der Waals surface area contributed by atoms with Crippen LogP contribution in [-0.2, 0) is 9.59 Å². The molecule has 0 aromatic rings. The highest BCUT2D eigenvalue weighted by atomic mass is 16.4. The van der Waals surface area contributed by atoms with Gasteiger partial charge in [-0.25, -0.2) is 4.79 Å². The van der Waals surface area contributed by atoms with E-state index in [1.54, 1.807) is 19.9 Å². The molecular formula is C12H21NO3. The largest absolute Gasteiger partial charge is 0.480 e. The molecule has 1 amide bonds. The molecule has 0 rings (SSSR count). The zero-order chi connectivity index (χ0) is 12.7. The van der Waals surface area contributed by atoms with Gasteiger partial charge >= 0.3 is 5.97 Å². The van der Waals surface area contributed by atoms with Crippen LogP contribution in [0.15, 0.2) is 11.6 Å². The molecule has 0 fully saturated rings. The first-order chi connectivity index (χ1) is 7.47. The van der Waals surface area contributed by atoms with Crippen molar-refractivity contribution >= 4 is 11.9 Å². The third kappa shape index (κ3) is 4.04. The van der Waals surface area contributed by atoms with Crippen molar-refractivity contribution in [2.75, 3.05) is 0 Å². The number of allylic oxidation sites excluding steroid dienone is 1. The van der Waals surface area contributed by atoms with Crippen LogP contribution in [0.1, 0.15) is 40.5 Å². The molecule has 0 spiro atoms. The number of rotatable bonds is 6. The number of amides is 1. The van der Waals surface area contributed by atoms with E-state index in [0.29, 0.717) is 5.57 Å². The molecule has 2 N–H and O–H groups in total. The molecule has 4 heteroatoms. The Kier molecular flexibility index (Phi) is 6.46. The molecule has 0 aliphatic rings. The molecule has 16 heavy (non-hydrogen) atoms. The first kappa shape index (κ1) is 14.7. The fourth-order valence-corrected chi connectivity index (χ4v) is 1.53. The van der Waals surface area contributed by atoms with Gasteiger partial charge in [-0.05, 0) is 19.8 Å². The lowest BCUT2D eigenvalue weighted by molar-refractivity contribution is -0.143. The van der Waals surface area contributed by atoms with E-state index in [1.807, 2.05) is 13.8 Å². The third-order valence-corrected chi connectivity index (χ3v) is 2.86. The smallest absolute Gasteiger partial charge is 0.326 e. The van der Waals surface area contributed by atoms with Gasteiger partial charge in [0.05, 0.1) is 0 Å². The van der Waals surface area contributed by atoms with Crippen LogP contribution in [0.25, 0.3) is 0 Å². The maximum Gasteiger partial charge on any atom is 0.326 e. The highest BCUT2D eigenvalue weighted by molar-refractivity contribution is 5.95. The van der Waals surface area contributed by atoms with Crippen LogP contribution in [-0.4, -0.2) is 23.0 Å². The summed E-state index contributed by atoms with van der Waals surface area (Å²) in [5.41, 5.74) is 0.539. The van der Waals surface area contributed by atoms with E-state index in [2.05, 4.69) is 5.32 Å². The first-order valence-electron chi connectivity index (χ1n) is 5.64. The van der Waals surface area contributed by atoms with E-state index in [9.17, 15) is 9.59 Å². The average Bonchev–Trinajstić information content (AvgIpc) is 2.27. The van der Waals surface area contributed by atoms with E-state index in [-0.39, 0.29) is 11.8 Å². The SMILES string of the molecule is CC=C(C)C(=O)NC(C(=O)O)C(CC)CC. The van der Waals surface area contributed by atoms with Gasteiger partial charge in [-0.2, -0.15) is 0 Å². The molecule has 0 aliphatic carbocycles. The van der Waals surface area contributed by atoms with Gasteiger partial charge in [0.1, 0.15) is 6.04 Å². The van der Waals surface area contributed by atoms with Gasteiger partial charge in [-0.1, -0.05) is 32.8 Å². The van der Waals surface area contributed by atoms with Crippen LogP contribution >= 0.6 is 0 Å². The van der Waals surface area contributed by atoms with E-state index >= 15 is 0 Å². The Bertz CT molecular complexity index is 280. The van der Waals surface area contributed by atoms with Gasteiger partial charge in [-0.15, -0.1) is 0 Å². The maximum atomic E-state index is 11.6. The molecule has 0 aliphatic heterocycles. The molecule has 0 aromatic heterocycles. The second-order valence-electron chi connectivity index (χ2n) is 3.84. The van der Waals surface area contributed by atoms with Crippen molar-refractivity contribution in [3.63, 3.8) is 0 Å². The Hall–Kier alpha value is -1.32. The molecule has 4 nitrogen and oxygen atoms in total. The van der Waals surface area contributed by atoms with Gasteiger partial charge in [-0.3, -0.25) is 4.79 Å². The lowest BCUT2D eigenvalue weighted by atomic mass is 9.94. The summed E-state index contributed by atoms with van der Waals surface area (Å²) in [5, 5.41) is 11.6. The third-order valence-electron chi connectivity index (χ3n) is 2.86. The van der Waals surface area contributed by atoms with E-state index in [4.69, 9.17) is 5.11 Å². The van der Waals surface area contributed by atoms with Crippen LogP contribution in [0, 0.1) is 5.92 Å². The van der Waals surface area contributed by atoms with Gasteiger partial charge in [0.25, 0.3) is 0 Å². The summed E-state index contributed by atoms with van der Waals surface area (Å²) in [6.45, 7) is 7.28. The molecule has 1 unspecified atom stereocenters. The number of carboxylic acids is 1. The van der Waals surface area contributed by atoms with Crippen LogP contribution in [0.2, 0.25) is 0 Å². The van der Waals surface area contributed by atoms with Crippen molar-refractivity contribution in [1.82, 2.24) is 5.32 Å². The Morgan fingerprint density at radius 1 is 1.31 bits per heavy atom. The second kappa shape index (κ2) is 7.04. The standard InChI is InChI=1S/C12H21NO3/c1-5-8(4)11(14)13-10(12(15)16)9(6-2)7-3/h5,9-10H,6-7H2,1-4H3,(H,13,14)(H,15,16). The number of carbonyl (C=O) groups is 2. The quantitative estimate of drug-likeness (QED) is 0.682. The molecule has 0 heterocycles. The lowest BCUT2D eigenvalue weighted by Gasteiger charge is -2.22. The number of carboxylic acid groups (broad SMARTS) is 1. The Morgan fingerprint density at radius 2 is 1.81 bits per heavy atom. The van der Waals surface area contributed by atoms with Gasteiger partial charge < -0.3 is 10.4 Å². The van der Waals surface area contributed by atoms with Crippen LogP contribution in [0.5, 0.6) is 0 Å². The van der Waals surface area contributed by atoms with Crippen LogP contribution in [0.3, 0.4) is 0 Å². The molecule has 0 saturated heterocycles. The van der Waals surface area contributed by atoms with Crippen molar-refractivity contribution < 1.29 is 14.7 Å².